The summed E-state index contributed by atoms with van der Waals surface area (Å²) in [5.41, 5.74) is 1.23. The van der Waals surface area contributed by atoms with Gasteiger partial charge in [0, 0.05) is 47.8 Å². The number of carbonyl (C=O) groups excluding carboxylic acids is 1. The average Bonchev–Trinajstić information content (AvgIpc) is 3.52. The maximum Gasteiger partial charge on any atom is 0.253 e. The number of hydrogen-bond acceptors (Lipinski definition) is 5. The zero-order valence-corrected chi connectivity index (χ0v) is 19.0. The molecule has 33 heavy (non-hydrogen) atoms. The fraction of sp³-hybridized carbons (Fsp3) is 0.333. The molecule has 174 valence electrons. The molecule has 0 saturated heterocycles. The largest absolute Gasteiger partial charge is 0.454 e. The lowest BCUT2D eigenvalue weighted by molar-refractivity contribution is -0.116. The number of aromatic nitrogens is 1. The van der Waals surface area contributed by atoms with Crippen LogP contribution in [0.1, 0.15) is 24.0 Å². The van der Waals surface area contributed by atoms with Gasteiger partial charge >= 0.3 is 0 Å². The monoisotopic (exact) mass is 475 g/mol. The predicted molar refractivity (Wildman–Crippen MR) is 119 cm³/mol. The van der Waals surface area contributed by atoms with Gasteiger partial charge in [-0.25, -0.2) is 17.2 Å². The van der Waals surface area contributed by atoms with E-state index in [0.717, 1.165) is 37.3 Å². The molecule has 2 aliphatic rings. The Bertz CT molecular complexity index is 1350. The van der Waals surface area contributed by atoms with E-state index < -0.39 is 38.9 Å². The highest BCUT2D eigenvalue weighted by molar-refractivity contribution is 7.90. The molecule has 0 amide bonds. The summed E-state index contributed by atoms with van der Waals surface area (Å²) in [6, 6.07) is 4.42. The van der Waals surface area contributed by atoms with Crippen LogP contribution in [0.3, 0.4) is 0 Å². The summed E-state index contributed by atoms with van der Waals surface area (Å²) >= 11 is 0. The van der Waals surface area contributed by atoms with E-state index in [4.69, 9.17) is 4.74 Å². The molecule has 0 N–H and O–H groups in total. The molecule has 0 bridgehead atoms. The van der Waals surface area contributed by atoms with Gasteiger partial charge in [0.05, 0.1) is 11.7 Å². The standard InChI is InChI=1S/C24H23F2NO5S/c1-14-7-16(12-27(24(14)29)11-15-3-4-15)19-8-17(13-33(2,30)31)21(28)10-23(19)32-22-6-5-18(25)9-20(22)26/h5-10,12,15,17H,3-4,11,13H2,1-2H3. The lowest BCUT2D eigenvalue weighted by atomic mass is 9.91. The maximum absolute atomic E-state index is 14.2. The molecule has 1 saturated carbocycles. The number of allylic oxidation sites excluding steroid dienone is 3. The summed E-state index contributed by atoms with van der Waals surface area (Å²) < 4.78 is 58.5. The van der Waals surface area contributed by atoms with Gasteiger partial charge in [-0.3, -0.25) is 9.59 Å². The summed E-state index contributed by atoms with van der Waals surface area (Å²) in [4.78, 5) is 25.3. The van der Waals surface area contributed by atoms with Crippen molar-refractivity contribution in [3.63, 3.8) is 0 Å². The van der Waals surface area contributed by atoms with Crippen molar-refractivity contribution in [2.45, 2.75) is 26.3 Å². The molecule has 2 aliphatic carbocycles. The van der Waals surface area contributed by atoms with Crippen LogP contribution >= 0.6 is 0 Å². The van der Waals surface area contributed by atoms with Gasteiger partial charge in [0.2, 0.25) is 0 Å². The minimum absolute atomic E-state index is 0.00807. The van der Waals surface area contributed by atoms with Gasteiger partial charge in [-0.2, -0.15) is 0 Å². The summed E-state index contributed by atoms with van der Waals surface area (Å²) in [6.45, 7) is 2.22. The summed E-state index contributed by atoms with van der Waals surface area (Å²) in [6.07, 6.45) is 7.37. The number of benzene rings is 1. The average molecular weight is 476 g/mol. The van der Waals surface area contributed by atoms with Crippen LogP contribution in [0, 0.1) is 30.4 Å². The first-order valence-corrected chi connectivity index (χ1v) is 12.6. The lowest BCUT2D eigenvalue weighted by Crippen LogP contribution is -2.26. The van der Waals surface area contributed by atoms with E-state index in [1.54, 1.807) is 23.8 Å². The van der Waals surface area contributed by atoms with Gasteiger partial charge in [0.1, 0.15) is 21.4 Å². The highest BCUT2D eigenvalue weighted by atomic mass is 32.2. The van der Waals surface area contributed by atoms with Gasteiger partial charge in [0.25, 0.3) is 5.56 Å². The number of sulfone groups is 1. The van der Waals surface area contributed by atoms with Crippen molar-refractivity contribution in [2.75, 3.05) is 12.0 Å². The zero-order chi connectivity index (χ0) is 23.9. The molecule has 1 aromatic carbocycles. The number of rotatable bonds is 7. The molecule has 1 atom stereocenters. The number of hydrogen-bond donors (Lipinski definition) is 0. The smallest absolute Gasteiger partial charge is 0.253 e. The Labute approximate surface area is 190 Å². The Morgan fingerprint density at radius 1 is 1.15 bits per heavy atom. The summed E-state index contributed by atoms with van der Waals surface area (Å²) in [5, 5.41) is 0. The topological polar surface area (TPSA) is 82.4 Å². The van der Waals surface area contributed by atoms with E-state index in [0.29, 0.717) is 35.2 Å². The highest BCUT2D eigenvalue weighted by Gasteiger charge is 2.29. The molecular formula is C24H23F2NO5S. The van der Waals surface area contributed by atoms with Gasteiger partial charge in [-0.1, -0.05) is 6.08 Å². The predicted octanol–water partition coefficient (Wildman–Crippen LogP) is 3.43. The molecule has 0 radical (unpaired) electrons. The van der Waals surface area contributed by atoms with Crippen LogP contribution in [0.2, 0.25) is 0 Å². The van der Waals surface area contributed by atoms with Crippen molar-refractivity contribution in [2.24, 2.45) is 11.8 Å². The van der Waals surface area contributed by atoms with E-state index in [-0.39, 0.29) is 17.1 Å². The van der Waals surface area contributed by atoms with Gasteiger partial charge in [-0.15, -0.1) is 0 Å². The van der Waals surface area contributed by atoms with Crippen molar-refractivity contribution in [3.05, 3.63) is 81.5 Å². The van der Waals surface area contributed by atoms with Crippen LogP contribution in [0.25, 0.3) is 5.57 Å². The van der Waals surface area contributed by atoms with Gasteiger partial charge in [-0.05, 0) is 43.9 Å². The van der Waals surface area contributed by atoms with Gasteiger partial charge < -0.3 is 9.30 Å². The van der Waals surface area contributed by atoms with Crippen LogP contribution in [0.15, 0.2) is 53.2 Å². The second kappa shape index (κ2) is 8.70. The summed E-state index contributed by atoms with van der Waals surface area (Å²) in [7, 11) is -3.47. The van der Waals surface area contributed by atoms with Crippen molar-refractivity contribution in [3.8, 4) is 5.75 Å². The van der Waals surface area contributed by atoms with Crippen molar-refractivity contribution < 1.29 is 26.7 Å². The Kier molecular flexibility index (Phi) is 6.09. The third kappa shape index (κ3) is 5.47. The van der Waals surface area contributed by atoms with Crippen molar-refractivity contribution in [1.82, 2.24) is 4.57 Å². The van der Waals surface area contributed by atoms with Gasteiger partial charge in [0.15, 0.2) is 17.3 Å². The number of halogens is 2. The number of aryl methyl sites for hydroxylation is 1. The van der Waals surface area contributed by atoms with Crippen molar-refractivity contribution in [1.29, 1.82) is 0 Å². The second-order valence-corrected chi connectivity index (χ2v) is 10.9. The first-order valence-electron chi connectivity index (χ1n) is 10.5. The molecule has 6 nitrogen and oxygen atoms in total. The Hall–Kier alpha value is -3.07. The maximum atomic E-state index is 14.2. The van der Waals surface area contributed by atoms with E-state index in [2.05, 4.69) is 0 Å². The summed E-state index contributed by atoms with van der Waals surface area (Å²) in [5.74, 6) is -3.45. The highest BCUT2D eigenvalue weighted by Crippen LogP contribution is 2.34. The molecule has 1 aromatic heterocycles. The van der Waals surface area contributed by atoms with Crippen molar-refractivity contribution >= 4 is 21.2 Å². The third-order valence-electron chi connectivity index (χ3n) is 5.60. The third-order valence-corrected chi connectivity index (χ3v) is 6.56. The Morgan fingerprint density at radius 2 is 1.88 bits per heavy atom. The Balaban J connectivity index is 1.79. The number of carbonyl (C=O) groups is 1. The molecular weight excluding hydrogens is 452 g/mol. The first kappa shape index (κ1) is 23.1. The van der Waals surface area contributed by atoms with Crippen LogP contribution in [0.5, 0.6) is 5.75 Å². The van der Waals surface area contributed by atoms with Crippen LogP contribution < -0.4 is 10.3 Å². The van der Waals surface area contributed by atoms with Crippen LogP contribution in [-0.2, 0) is 21.2 Å². The van der Waals surface area contributed by atoms with E-state index in [1.165, 1.54) is 6.08 Å². The number of ether oxygens (including phenoxy) is 1. The van der Waals surface area contributed by atoms with E-state index >= 15 is 0 Å². The minimum atomic E-state index is -3.47. The first-order chi connectivity index (χ1) is 15.5. The number of pyridine rings is 1. The van der Waals surface area contributed by atoms with E-state index in [9.17, 15) is 26.8 Å². The molecule has 0 aliphatic heterocycles. The molecule has 4 rings (SSSR count). The minimum Gasteiger partial charge on any atom is -0.454 e. The SMILES string of the molecule is Cc1cc(C2=CC(CS(C)(=O)=O)C(=O)C=C2Oc2ccc(F)cc2F)cn(CC2CC2)c1=O. The van der Waals surface area contributed by atoms with Crippen LogP contribution in [-0.4, -0.2) is 30.8 Å². The van der Waals surface area contributed by atoms with E-state index in [1.807, 2.05) is 0 Å². The fourth-order valence-corrected chi connectivity index (χ4v) is 4.69. The quantitative estimate of drug-likeness (QED) is 0.613. The Morgan fingerprint density at radius 3 is 2.52 bits per heavy atom. The molecule has 9 heteroatoms. The molecule has 1 fully saturated rings. The molecule has 0 spiro atoms. The molecule has 1 heterocycles. The molecule has 1 unspecified atom stereocenters. The fourth-order valence-electron chi connectivity index (χ4n) is 3.78. The number of nitrogens with zero attached hydrogens (tertiary/aromatic N) is 1. The van der Waals surface area contributed by atoms with Crippen LogP contribution in [0.4, 0.5) is 8.78 Å². The second-order valence-electron chi connectivity index (χ2n) is 8.68. The zero-order valence-electron chi connectivity index (χ0n) is 18.2. The lowest BCUT2D eigenvalue weighted by Gasteiger charge is -2.22. The number of ketones is 1. The molecule has 2 aromatic rings. The normalized spacial score (nSPS) is 18.7.